The third-order valence-corrected chi connectivity index (χ3v) is 3.69. The highest BCUT2D eigenvalue weighted by Gasteiger charge is 2.16. The first-order valence-corrected chi connectivity index (χ1v) is 7.18. The van der Waals surface area contributed by atoms with E-state index in [1.807, 2.05) is 6.92 Å². The lowest BCUT2D eigenvalue weighted by Crippen LogP contribution is -2.27. The lowest BCUT2D eigenvalue weighted by Gasteiger charge is -2.16. The molecule has 0 aliphatic rings. The monoisotopic (exact) mass is 343 g/mol. The van der Waals surface area contributed by atoms with Crippen LogP contribution >= 0.6 is 34.8 Å². The number of aromatic nitrogens is 1. The molecule has 0 aliphatic heterocycles. The van der Waals surface area contributed by atoms with Crippen molar-refractivity contribution in [3.8, 4) is 0 Å². The Hall–Kier alpha value is -1.49. The molecule has 0 saturated heterocycles. The van der Waals surface area contributed by atoms with E-state index in [2.05, 4.69) is 10.3 Å². The maximum atomic E-state index is 12.2. The van der Waals surface area contributed by atoms with E-state index in [9.17, 15) is 4.79 Å². The average molecular weight is 345 g/mol. The summed E-state index contributed by atoms with van der Waals surface area (Å²) in [7, 11) is 0. The first-order chi connectivity index (χ1) is 9.88. The van der Waals surface area contributed by atoms with Gasteiger partial charge in [0.15, 0.2) is 0 Å². The number of halogens is 3. The van der Waals surface area contributed by atoms with Crippen molar-refractivity contribution >= 4 is 46.4 Å². The Bertz CT molecular complexity index is 691. The summed E-state index contributed by atoms with van der Waals surface area (Å²) in [6.07, 6.45) is 1.34. The highest BCUT2D eigenvalue weighted by atomic mass is 35.5. The van der Waals surface area contributed by atoms with Crippen molar-refractivity contribution in [3.05, 3.63) is 56.8 Å². The van der Waals surface area contributed by atoms with E-state index >= 15 is 0 Å². The van der Waals surface area contributed by atoms with Crippen molar-refractivity contribution < 1.29 is 4.79 Å². The largest absolute Gasteiger partial charge is 0.397 e. The minimum Gasteiger partial charge on any atom is -0.397 e. The summed E-state index contributed by atoms with van der Waals surface area (Å²) in [6, 6.07) is 6.21. The fourth-order valence-electron chi connectivity index (χ4n) is 1.84. The number of nitrogen functional groups attached to an aromatic ring is 1. The zero-order valence-electron chi connectivity index (χ0n) is 11.0. The fraction of sp³-hybridized carbons (Fsp3) is 0.143. The van der Waals surface area contributed by atoms with Crippen LogP contribution in [-0.2, 0) is 0 Å². The first-order valence-electron chi connectivity index (χ1n) is 6.05. The van der Waals surface area contributed by atoms with Gasteiger partial charge in [0, 0.05) is 10.0 Å². The van der Waals surface area contributed by atoms with E-state index in [4.69, 9.17) is 40.5 Å². The Labute approximate surface area is 137 Å². The predicted molar refractivity (Wildman–Crippen MR) is 86.0 cm³/mol. The maximum Gasteiger partial charge on any atom is 0.254 e. The molecule has 1 aromatic carbocycles. The number of pyridine rings is 1. The van der Waals surface area contributed by atoms with E-state index in [0.29, 0.717) is 10.0 Å². The van der Waals surface area contributed by atoms with Gasteiger partial charge in [-0.25, -0.2) is 4.98 Å². The zero-order chi connectivity index (χ0) is 15.6. The van der Waals surface area contributed by atoms with Crippen LogP contribution in [0.1, 0.15) is 28.9 Å². The van der Waals surface area contributed by atoms with Gasteiger partial charge in [0.25, 0.3) is 5.91 Å². The van der Waals surface area contributed by atoms with Crippen molar-refractivity contribution in [1.29, 1.82) is 0 Å². The number of hydrogen-bond acceptors (Lipinski definition) is 3. The molecule has 0 radical (unpaired) electrons. The van der Waals surface area contributed by atoms with Crippen LogP contribution in [0.5, 0.6) is 0 Å². The van der Waals surface area contributed by atoms with Gasteiger partial charge in [0.2, 0.25) is 0 Å². The Morgan fingerprint density at radius 1 is 1.29 bits per heavy atom. The molecule has 1 aromatic heterocycles. The smallest absolute Gasteiger partial charge is 0.254 e. The van der Waals surface area contributed by atoms with Gasteiger partial charge < -0.3 is 11.1 Å². The number of nitrogens with one attached hydrogen (secondary N) is 1. The van der Waals surface area contributed by atoms with Crippen LogP contribution in [0.15, 0.2) is 30.5 Å². The second-order valence-corrected chi connectivity index (χ2v) is 5.69. The number of amides is 1. The fourth-order valence-corrected chi connectivity index (χ4v) is 2.57. The van der Waals surface area contributed by atoms with E-state index in [0.717, 1.165) is 5.56 Å². The van der Waals surface area contributed by atoms with Gasteiger partial charge >= 0.3 is 0 Å². The van der Waals surface area contributed by atoms with Crippen LogP contribution < -0.4 is 11.1 Å². The highest BCUT2D eigenvalue weighted by molar-refractivity contribution is 6.35. The number of carbonyl (C=O) groups excluding carboxylic acids is 1. The second kappa shape index (κ2) is 6.52. The van der Waals surface area contributed by atoms with Crippen molar-refractivity contribution in [2.75, 3.05) is 5.73 Å². The predicted octanol–water partition coefficient (Wildman–Crippen LogP) is 4.12. The summed E-state index contributed by atoms with van der Waals surface area (Å²) >= 11 is 17.7. The average Bonchev–Trinajstić information content (AvgIpc) is 2.41. The standard InChI is InChI=1S/C14H12Cl3N3O/c1-7(9-3-2-8(15)4-11(9)16)20-14(21)10-5-13(17)19-6-12(10)18/h2-7H,18H2,1H3,(H,20,21). The van der Waals surface area contributed by atoms with Gasteiger partial charge in [0.1, 0.15) is 5.15 Å². The van der Waals surface area contributed by atoms with E-state index < -0.39 is 0 Å². The summed E-state index contributed by atoms with van der Waals surface area (Å²) in [4.78, 5) is 16.0. The lowest BCUT2D eigenvalue weighted by atomic mass is 10.1. The summed E-state index contributed by atoms with van der Waals surface area (Å²) in [5, 5.41) is 4.03. The molecular formula is C14H12Cl3N3O. The van der Waals surface area contributed by atoms with E-state index in [-0.39, 0.29) is 28.4 Å². The minimum absolute atomic E-state index is 0.200. The number of anilines is 1. The lowest BCUT2D eigenvalue weighted by molar-refractivity contribution is 0.0940. The molecule has 0 spiro atoms. The van der Waals surface area contributed by atoms with Gasteiger partial charge in [-0.05, 0) is 30.7 Å². The summed E-state index contributed by atoms with van der Waals surface area (Å²) < 4.78 is 0. The van der Waals surface area contributed by atoms with Crippen LogP contribution in [0.4, 0.5) is 5.69 Å². The van der Waals surface area contributed by atoms with Crippen molar-refractivity contribution in [2.45, 2.75) is 13.0 Å². The molecule has 110 valence electrons. The Balaban J connectivity index is 2.20. The zero-order valence-corrected chi connectivity index (χ0v) is 13.3. The quantitative estimate of drug-likeness (QED) is 0.823. The molecule has 2 rings (SSSR count). The molecule has 1 heterocycles. The van der Waals surface area contributed by atoms with Crippen molar-refractivity contribution in [2.24, 2.45) is 0 Å². The van der Waals surface area contributed by atoms with Crippen LogP contribution in [0, 0.1) is 0 Å². The van der Waals surface area contributed by atoms with Gasteiger partial charge in [-0.3, -0.25) is 4.79 Å². The highest BCUT2D eigenvalue weighted by Crippen LogP contribution is 2.26. The molecule has 1 amide bonds. The van der Waals surface area contributed by atoms with E-state index in [1.54, 1.807) is 18.2 Å². The van der Waals surface area contributed by atoms with Crippen LogP contribution in [0.25, 0.3) is 0 Å². The molecule has 0 fully saturated rings. The Morgan fingerprint density at radius 3 is 2.67 bits per heavy atom. The number of nitrogens with zero attached hydrogens (tertiary/aromatic N) is 1. The van der Waals surface area contributed by atoms with Gasteiger partial charge in [-0.15, -0.1) is 0 Å². The maximum absolute atomic E-state index is 12.2. The topological polar surface area (TPSA) is 68.0 Å². The molecular weight excluding hydrogens is 333 g/mol. The number of carbonyl (C=O) groups is 1. The normalized spacial score (nSPS) is 12.0. The SMILES string of the molecule is CC(NC(=O)c1cc(Cl)ncc1N)c1ccc(Cl)cc1Cl. The number of benzene rings is 1. The van der Waals surface area contributed by atoms with Gasteiger partial charge in [0.05, 0.1) is 23.5 Å². The molecule has 7 heteroatoms. The van der Waals surface area contributed by atoms with E-state index in [1.165, 1.54) is 12.3 Å². The third kappa shape index (κ3) is 3.79. The molecule has 0 bridgehead atoms. The molecule has 1 unspecified atom stereocenters. The summed E-state index contributed by atoms with van der Waals surface area (Å²) in [5.74, 6) is -0.352. The van der Waals surface area contributed by atoms with Gasteiger partial charge in [-0.2, -0.15) is 0 Å². The van der Waals surface area contributed by atoms with Crippen molar-refractivity contribution in [3.63, 3.8) is 0 Å². The Morgan fingerprint density at radius 2 is 2.00 bits per heavy atom. The summed E-state index contributed by atoms with van der Waals surface area (Å²) in [5.41, 5.74) is 7.01. The molecule has 4 nitrogen and oxygen atoms in total. The van der Waals surface area contributed by atoms with Crippen LogP contribution in [0.2, 0.25) is 15.2 Å². The van der Waals surface area contributed by atoms with Crippen LogP contribution in [0.3, 0.4) is 0 Å². The molecule has 0 aliphatic carbocycles. The second-order valence-electron chi connectivity index (χ2n) is 4.46. The number of nitrogens with two attached hydrogens (primary N) is 1. The minimum atomic E-state index is -0.352. The molecule has 0 saturated carbocycles. The molecule has 2 aromatic rings. The Kier molecular flexibility index (Phi) is 4.93. The van der Waals surface area contributed by atoms with Gasteiger partial charge in [-0.1, -0.05) is 40.9 Å². The first kappa shape index (κ1) is 15.9. The molecule has 1 atom stereocenters. The molecule has 21 heavy (non-hydrogen) atoms. The van der Waals surface area contributed by atoms with Crippen LogP contribution in [-0.4, -0.2) is 10.9 Å². The number of rotatable bonds is 3. The summed E-state index contributed by atoms with van der Waals surface area (Å²) in [6.45, 7) is 1.81. The number of hydrogen-bond donors (Lipinski definition) is 2. The molecule has 3 N–H and O–H groups in total. The van der Waals surface area contributed by atoms with Crippen molar-refractivity contribution in [1.82, 2.24) is 10.3 Å². The third-order valence-electron chi connectivity index (χ3n) is 2.92.